The third kappa shape index (κ3) is 2.77. The number of carbonyl (C=O) groups excluding carboxylic acids is 1. The average Bonchev–Trinajstić information content (AvgIpc) is 2.56. The largest absolute Gasteiger partial charge is 0.504 e. The molecule has 128 valence electrons. The van der Waals surface area contributed by atoms with Crippen molar-refractivity contribution in [3.8, 4) is 23.0 Å². The molecule has 0 saturated heterocycles. The summed E-state index contributed by atoms with van der Waals surface area (Å²) >= 11 is 0. The standard InChI is InChI=1S/C14H7F5O5/c1-23-14(22)4-2-5(20)12(6(21)3-4)24-13-10(18)8(16)7(15)9(17)11(13)19/h2-3,20-21H,1H3. The Morgan fingerprint density at radius 3 is 1.67 bits per heavy atom. The normalized spacial score (nSPS) is 10.6. The first-order valence-corrected chi connectivity index (χ1v) is 6.02. The van der Waals surface area contributed by atoms with Crippen molar-refractivity contribution >= 4 is 5.97 Å². The van der Waals surface area contributed by atoms with Gasteiger partial charge in [-0.15, -0.1) is 0 Å². The van der Waals surface area contributed by atoms with E-state index in [1.165, 1.54) is 0 Å². The number of rotatable bonds is 3. The molecule has 0 heterocycles. The first-order valence-electron chi connectivity index (χ1n) is 6.02. The third-order valence-corrected chi connectivity index (χ3v) is 2.84. The monoisotopic (exact) mass is 350 g/mol. The van der Waals surface area contributed by atoms with Crippen LogP contribution < -0.4 is 4.74 Å². The Labute approximate surface area is 130 Å². The molecular weight excluding hydrogens is 343 g/mol. The van der Waals surface area contributed by atoms with Crippen molar-refractivity contribution in [1.82, 2.24) is 0 Å². The Hall–Kier alpha value is -3.04. The van der Waals surface area contributed by atoms with Crippen LogP contribution in [0.15, 0.2) is 12.1 Å². The number of esters is 1. The van der Waals surface area contributed by atoms with Crippen LogP contribution in [0.1, 0.15) is 10.4 Å². The van der Waals surface area contributed by atoms with Gasteiger partial charge in [-0.2, -0.15) is 8.78 Å². The smallest absolute Gasteiger partial charge is 0.338 e. The van der Waals surface area contributed by atoms with Gasteiger partial charge in [-0.05, 0) is 12.1 Å². The number of hydrogen-bond acceptors (Lipinski definition) is 5. The van der Waals surface area contributed by atoms with Crippen molar-refractivity contribution in [1.29, 1.82) is 0 Å². The fourth-order valence-corrected chi connectivity index (χ4v) is 1.72. The number of phenolic OH excluding ortho intramolecular Hbond substituents is 2. The highest BCUT2D eigenvalue weighted by molar-refractivity contribution is 5.91. The molecular formula is C14H7F5O5. The van der Waals surface area contributed by atoms with Crippen molar-refractivity contribution in [2.75, 3.05) is 7.11 Å². The Bertz CT molecular complexity index is 785. The van der Waals surface area contributed by atoms with Crippen LogP contribution in [0.4, 0.5) is 22.0 Å². The van der Waals surface area contributed by atoms with Gasteiger partial charge in [0.15, 0.2) is 11.5 Å². The SMILES string of the molecule is COC(=O)c1cc(O)c(Oc2c(F)c(F)c(F)c(F)c2F)c(O)c1. The van der Waals surface area contributed by atoms with E-state index in [-0.39, 0.29) is 5.56 Å². The maximum absolute atomic E-state index is 13.5. The molecule has 2 rings (SSSR count). The molecule has 0 atom stereocenters. The summed E-state index contributed by atoms with van der Waals surface area (Å²) in [6, 6.07) is 1.40. The van der Waals surface area contributed by atoms with Crippen LogP contribution in [0.25, 0.3) is 0 Å². The van der Waals surface area contributed by atoms with E-state index >= 15 is 0 Å². The van der Waals surface area contributed by atoms with E-state index in [1.54, 1.807) is 0 Å². The Morgan fingerprint density at radius 2 is 1.25 bits per heavy atom. The van der Waals surface area contributed by atoms with Crippen LogP contribution in [0, 0.1) is 29.1 Å². The van der Waals surface area contributed by atoms with Crippen molar-refractivity contribution in [3.63, 3.8) is 0 Å². The average molecular weight is 350 g/mol. The van der Waals surface area contributed by atoms with Gasteiger partial charge in [0.05, 0.1) is 12.7 Å². The van der Waals surface area contributed by atoms with E-state index in [1.807, 2.05) is 0 Å². The lowest BCUT2D eigenvalue weighted by molar-refractivity contribution is 0.0599. The van der Waals surface area contributed by atoms with Gasteiger partial charge in [0.2, 0.25) is 40.6 Å². The van der Waals surface area contributed by atoms with Gasteiger partial charge < -0.3 is 19.7 Å². The molecule has 0 aromatic heterocycles. The molecule has 0 aliphatic heterocycles. The molecule has 0 saturated carbocycles. The van der Waals surface area contributed by atoms with Crippen LogP contribution in [-0.4, -0.2) is 23.3 Å². The second-order valence-electron chi connectivity index (χ2n) is 4.34. The third-order valence-electron chi connectivity index (χ3n) is 2.84. The number of phenols is 2. The fourth-order valence-electron chi connectivity index (χ4n) is 1.72. The maximum atomic E-state index is 13.5. The van der Waals surface area contributed by atoms with Gasteiger partial charge in [0.25, 0.3) is 0 Å². The Balaban J connectivity index is 2.56. The zero-order valence-electron chi connectivity index (χ0n) is 11.7. The summed E-state index contributed by atoms with van der Waals surface area (Å²) < 4.78 is 75.0. The van der Waals surface area contributed by atoms with Gasteiger partial charge in [0.1, 0.15) is 0 Å². The summed E-state index contributed by atoms with van der Waals surface area (Å²) in [5, 5.41) is 19.3. The molecule has 24 heavy (non-hydrogen) atoms. The van der Waals surface area contributed by atoms with E-state index in [0.717, 1.165) is 7.11 Å². The molecule has 2 aromatic rings. The summed E-state index contributed by atoms with van der Waals surface area (Å²) in [7, 11) is 1.01. The lowest BCUT2D eigenvalue weighted by Gasteiger charge is -2.13. The highest BCUT2D eigenvalue weighted by atomic mass is 19.2. The van der Waals surface area contributed by atoms with Crippen LogP contribution >= 0.6 is 0 Å². The van der Waals surface area contributed by atoms with E-state index in [9.17, 15) is 37.0 Å². The van der Waals surface area contributed by atoms with Crippen molar-refractivity contribution < 1.29 is 46.4 Å². The van der Waals surface area contributed by atoms with E-state index in [4.69, 9.17) is 0 Å². The summed E-state index contributed by atoms with van der Waals surface area (Å²) in [6.07, 6.45) is 0. The highest BCUT2D eigenvalue weighted by Crippen LogP contribution is 2.42. The summed E-state index contributed by atoms with van der Waals surface area (Å²) in [4.78, 5) is 11.3. The molecule has 0 bridgehead atoms. The van der Waals surface area contributed by atoms with E-state index in [0.29, 0.717) is 12.1 Å². The van der Waals surface area contributed by atoms with E-state index < -0.39 is 58.1 Å². The number of hydrogen-bond donors (Lipinski definition) is 2. The molecule has 0 radical (unpaired) electrons. The lowest BCUT2D eigenvalue weighted by atomic mass is 10.2. The van der Waals surface area contributed by atoms with Crippen LogP contribution in [0.5, 0.6) is 23.0 Å². The molecule has 5 nitrogen and oxygen atoms in total. The minimum Gasteiger partial charge on any atom is -0.504 e. The summed E-state index contributed by atoms with van der Waals surface area (Å²) in [6.45, 7) is 0. The van der Waals surface area contributed by atoms with Crippen molar-refractivity contribution in [2.45, 2.75) is 0 Å². The van der Waals surface area contributed by atoms with Crippen molar-refractivity contribution in [3.05, 3.63) is 46.8 Å². The van der Waals surface area contributed by atoms with Gasteiger partial charge in [-0.1, -0.05) is 0 Å². The molecule has 0 amide bonds. The molecule has 0 spiro atoms. The van der Waals surface area contributed by atoms with Crippen LogP contribution in [0.2, 0.25) is 0 Å². The lowest BCUT2D eigenvalue weighted by Crippen LogP contribution is -2.05. The number of halogens is 5. The quantitative estimate of drug-likeness (QED) is 0.384. The minimum absolute atomic E-state index is 0.350. The summed E-state index contributed by atoms with van der Waals surface area (Å²) in [5.41, 5.74) is -0.350. The Morgan fingerprint density at radius 1 is 0.833 bits per heavy atom. The zero-order chi connectivity index (χ0) is 18.2. The predicted molar refractivity (Wildman–Crippen MR) is 67.4 cm³/mol. The number of aromatic hydroxyl groups is 2. The first kappa shape index (κ1) is 17.3. The van der Waals surface area contributed by atoms with Crippen LogP contribution in [-0.2, 0) is 4.74 Å². The second kappa shape index (κ2) is 6.22. The van der Waals surface area contributed by atoms with Gasteiger partial charge >= 0.3 is 5.97 Å². The molecule has 10 heteroatoms. The topological polar surface area (TPSA) is 76.0 Å². The number of carbonyl (C=O) groups is 1. The highest BCUT2D eigenvalue weighted by Gasteiger charge is 2.29. The van der Waals surface area contributed by atoms with Gasteiger partial charge in [-0.3, -0.25) is 0 Å². The fraction of sp³-hybridized carbons (Fsp3) is 0.0714. The molecule has 0 aliphatic carbocycles. The zero-order valence-corrected chi connectivity index (χ0v) is 11.7. The number of benzene rings is 2. The number of methoxy groups -OCH3 is 1. The maximum Gasteiger partial charge on any atom is 0.338 e. The molecule has 0 fully saturated rings. The summed E-state index contributed by atoms with van der Waals surface area (Å²) in [5.74, 6) is -17.3. The predicted octanol–water partition coefficient (Wildman–Crippen LogP) is 3.37. The van der Waals surface area contributed by atoms with Gasteiger partial charge in [0, 0.05) is 0 Å². The van der Waals surface area contributed by atoms with Crippen LogP contribution in [0.3, 0.4) is 0 Å². The van der Waals surface area contributed by atoms with Gasteiger partial charge in [-0.25, -0.2) is 18.0 Å². The van der Waals surface area contributed by atoms with E-state index in [2.05, 4.69) is 9.47 Å². The first-order chi connectivity index (χ1) is 11.2. The molecule has 2 N–H and O–H groups in total. The number of ether oxygens (including phenoxy) is 2. The van der Waals surface area contributed by atoms with Crippen molar-refractivity contribution in [2.24, 2.45) is 0 Å². The Kier molecular flexibility index (Phi) is 4.49. The molecule has 0 aliphatic rings. The minimum atomic E-state index is -2.40. The molecule has 0 unspecified atom stereocenters. The molecule has 2 aromatic carbocycles. The second-order valence-corrected chi connectivity index (χ2v) is 4.34.